The topological polar surface area (TPSA) is 46.9 Å². The summed E-state index contributed by atoms with van der Waals surface area (Å²) >= 11 is 0. The first-order valence-electron chi connectivity index (χ1n) is 11.1. The first-order chi connectivity index (χ1) is 14.2. The van der Waals surface area contributed by atoms with Gasteiger partial charge in [0.05, 0.1) is 11.0 Å². The predicted molar refractivity (Wildman–Crippen MR) is 119 cm³/mol. The number of fused-ring (bicyclic) bond motifs is 1. The van der Waals surface area contributed by atoms with E-state index in [1.54, 1.807) is 0 Å². The summed E-state index contributed by atoms with van der Waals surface area (Å²) in [5, 5.41) is 3.07. The Morgan fingerprint density at radius 1 is 1.03 bits per heavy atom. The van der Waals surface area contributed by atoms with Crippen molar-refractivity contribution in [2.24, 2.45) is 5.92 Å². The van der Waals surface area contributed by atoms with Crippen LogP contribution in [0.3, 0.4) is 0 Å². The first-order valence-corrected chi connectivity index (χ1v) is 11.1. The van der Waals surface area contributed by atoms with Gasteiger partial charge in [0.25, 0.3) is 0 Å². The summed E-state index contributed by atoms with van der Waals surface area (Å²) in [6.07, 6.45) is 8.80. The molecule has 4 nitrogen and oxygen atoms in total. The van der Waals surface area contributed by atoms with E-state index in [1.807, 2.05) is 18.2 Å². The Bertz CT molecular complexity index is 952. The quantitative estimate of drug-likeness (QED) is 0.559. The summed E-state index contributed by atoms with van der Waals surface area (Å²) in [7, 11) is 0. The molecule has 0 spiro atoms. The largest absolute Gasteiger partial charge is 0.328 e. The van der Waals surface area contributed by atoms with Gasteiger partial charge in [0.15, 0.2) is 0 Å². The summed E-state index contributed by atoms with van der Waals surface area (Å²) in [5.41, 5.74) is 4.45. The minimum absolute atomic E-state index is 0.154. The van der Waals surface area contributed by atoms with E-state index < -0.39 is 0 Å². The standard InChI is InChI=1S/C25H31N3O/c1-2-28-23-11-7-6-10-22(23)27-24(28)17-14-19-12-15-21(16-13-19)26-25(29)18-20-8-4-3-5-9-20/h6-7,10-13,15-16,20H,2-5,8-9,14,17-18H2,1H3,(H,26,29). The Morgan fingerprint density at radius 2 is 1.79 bits per heavy atom. The zero-order valence-electron chi connectivity index (χ0n) is 17.4. The molecule has 0 radical (unpaired) electrons. The lowest BCUT2D eigenvalue weighted by Crippen LogP contribution is -2.18. The molecule has 1 fully saturated rings. The van der Waals surface area contributed by atoms with Crippen molar-refractivity contribution in [2.45, 2.75) is 64.8 Å². The molecule has 2 aromatic carbocycles. The number of hydrogen-bond acceptors (Lipinski definition) is 2. The lowest BCUT2D eigenvalue weighted by molar-refractivity contribution is -0.117. The maximum Gasteiger partial charge on any atom is 0.224 e. The first kappa shape index (κ1) is 19.7. The van der Waals surface area contributed by atoms with Crippen LogP contribution >= 0.6 is 0 Å². The van der Waals surface area contributed by atoms with Crippen molar-refractivity contribution in [3.8, 4) is 0 Å². The summed E-state index contributed by atoms with van der Waals surface area (Å²) < 4.78 is 2.30. The van der Waals surface area contributed by atoms with Crippen LogP contribution in [-0.4, -0.2) is 15.5 Å². The van der Waals surface area contributed by atoms with Crippen LogP contribution < -0.4 is 5.32 Å². The third-order valence-electron chi connectivity index (χ3n) is 6.12. The van der Waals surface area contributed by atoms with Gasteiger partial charge in [-0.3, -0.25) is 4.79 Å². The Labute approximate surface area is 173 Å². The van der Waals surface area contributed by atoms with Crippen molar-refractivity contribution < 1.29 is 4.79 Å². The smallest absolute Gasteiger partial charge is 0.224 e. The highest BCUT2D eigenvalue weighted by Gasteiger charge is 2.17. The number of carbonyl (C=O) groups excluding carboxylic acids is 1. The van der Waals surface area contributed by atoms with E-state index in [-0.39, 0.29) is 5.91 Å². The summed E-state index contributed by atoms with van der Waals surface area (Å²) in [6, 6.07) is 16.6. The van der Waals surface area contributed by atoms with E-state index in [2.05, 4.69) is 47.1 Å². The molecule has 29 heavy (non-hydrogen) atoms. The fourth-order valence-electron chi connectivity index (χ4n) is 4.55. The molecule has 4 heteroatoms. The molecule has 1 aromatic heterocycles. The van der Waals surface area contributed by atoms with Crippen LogP contribution in [0.1, 0.15) is 56.8 Å². The maximum atomic E-state index is 12.3. The average molecular weight is 390 g/mol. The van der Waals surface area contributed by atoms with Crippen LogP contribution in [0, 0.1) is 5.92 Å². The highest BCUT2D eigenvalue weighted by molar-refractivity contribution is 5.90. The number of amides is 1. The van der Waals surface area contributed by atoms with Gasteiger partial charge < -0.3 is 9.88 Å². The van der Waals surface area contributed by atoms with Gasteiger partial charge in [0.1, 0.15) is 5.82 Å². The number of imidazole rings is 1. The van der Waals surface area contributed by atoms with Gasteiger partial charge in [-0.05, 0) is 61.9 Å². The normalized spacial score (nSPS) is 14.9. The number of hydrogen-bond donors (Lipinski definition) is 1. The van der Waals surface area contributed by atoms with Crippen molar-refractivity contribution in [3.05, 3.63) is 59.9 Å². The number of carbonyl (C=O) groups is 1. The van der Waals surface area contributed by atoms with Crippen molar-refractivity contribution >= 4 is 22.6 Å². The van der Waals surface area contributed by atoms with Crippen LogP contribution in [0.2, 0.25) is 0 Å². The van der Waals surface area contributed by atoms with Crippen LogP contribution in [0.5, 0.6) is 0 Å². The molecule has 3 aromatic rings. The van der Waals surface area contributed by atoms with Crippen molar-refractivity contribution in [1.82, 2.24) is 9.55 Å². The van der Waals surface area contributed by atoms with Crippen molar-refractivity contribution in [1.29, 1.82) is 0 Å². The van der Waals surface area contributed by atoms with Crippen LogP contribution in [0.25, 0.3) is 11.0 Å². The summed E-state index contributed by atoms with van der Waals surface area (Å²) in [4.78, 5) is 17.1. The average Bonchev–Trinajstić information content (AvgIpc) is 3.11. The molecule has 0 aliphatic heterocycles. The molecule has 0 atom stereocenters. The number of nitrogens with one attached hydrogen (secondary N) is 1. The molecule has 1 aliphatic rings. The zero-order chi connectivity index (χ0) is 20.1. The van der Waals surface area contributed by atoms with Gasteiger partial charge in [-0.1, -0.05) is 43.5 Å². The van der Waals surface area contributed by atoms with Crippen LogP contribution in [0.4, 0.5) is 5.69 Å². The molecule has 1 amide bonds. The number of aromatic nitrogens is 2. The fourth-order valence-corrected chi connectivity index (χ4v) is 4.55. The molecule has 1 N–H and O–H groups in total. The van der Waals surface area contributed by atoms with Gasteiger partial charge in [-0.15, -0.1) is 0 Å². The maximum absolute atomic E-state index is 12.3. The van der Waals surface area contributed by atoms with Crippen LogP contribution in [-0.2, 0) is 24.2 Å². The summed E-state index contributed by atoms with van der Waals surface area (Å²) in [5.74, 6) is 1.86. The molecule has 0 bridgehead atoms. The second-order valence-electron chi connectivity index (χ2n) is 8.21. The molecule has 0 unspecified atom stereocenters. The SMILES string of the molecule is CCn1c(CCc2ccc(NC(=O)CC3CCCCC3)cc2)nc2ccccc21. The number of nitrogens with zero attached hydrogens (tertiary/aromatic N) is 2. The van der Waals surface area contributed by atoms with Crippen LogP contribution in [0.15, 0.2) is 48.5 Å². The third-order valence-corrected chi connectivity index (χ3v) is 6.12. The zero-order valence-corrected chi connectivity index (χ0v) is 17.4. The Morgan fingerprint density at radius 3 is 2.55 bits per heavy atom. The lowest BCUT2D eigenvalue weighted by Gasteiger charge is -2.20. The van der Waals surface area contributed by atoms with Gasteiger partial charge in [0, 0.05) is 25.1 Å². The Kier molecular flexibility index (Phi) is 6.28. The number of aryl methyl sites for hydroxylation is 3. The second kappa shape index (κ2) is 9.25. The van der Waals surface area contributed by atoms with E-state index in [0.717, 1.165) is 36.4 Å². The highest BCUT2D eigenvalue weighted by atomic mass is 16.1. The van der Waals surface area contributed by atoms with E-state index >= 15 is 0 Å². The van der Waals surface area contributed by atoms with Gasteiger partial charge in [-0.2, -0.15) is 0 Å². The summed E-state index contributed by atoms with van der Waals surface area (Å²) in [6.45, 7) is 3.10. The van der Waals surface area contributed by atoms with Crippen molar-refractivity contribution in [2.75, 3.05) is 5.32 Å². The number of para-hydroxylation sites is 2. The van der Waals surface area contributed by atoms with Gasteiger partial charge in [-0.25, -0.2) is 4.98 Å². The minimum atomic E-state index is 0.154. The minimum Gasteiger partial charge on any atom is -0.328 e. The molecule has 0 saturated heterocycles. The Hall–Kier alpha value is -2.62. The molecule has 1 aliphatic carbocycles. The third kappa shape index (κ3) is 4.87. The molecule has 4 rings (SSSR count). The fraction of sp³-hybridized carbons (Fsp3) is 0.440. The number of rotatable bonds is 7. The second-order valence-corrected chi connectivity index (χ2v) is 8.21. The Balaban J connectivity index is 1.33. The predicted octanol–water partition coefficient (Wildman–Crippen LogP) is 5.75. The highest BCUT2D eigenvalue weighted by Crippen LogP contribution is 2.26. The molecule has 152 valence electrons. The van der Waals surface area contributed by atoms with E-state index in [4.69, 9.17) is 4.98 Å². The number of anilines is 1. The molecule has 1 heterocycles. The van der Waals surface area contributed by atoms with E-state index in [0.29, 0.717) is 12.3 Å². The van der Waals surface area contributed by atoms with Crippen molar-refractivity contribution in [3.63, 3.8) is 0 Å². The van der Waals surface area contributed by atoms with E-state index in [9.17, 15) is 4.79 Å². The molecule has 1 saturated carbocycles. The van der Waals surface area contributed by atoms with Gasteiger partial charge >= 0.3 is 0 Å². The lowest BCUT2D eigenvalue weighted by atomic mass is 9.87. The monoisotopic (exact) mass is 389 g/mol. The molecular weight excluding hydrogens is 358 g/mol. The van der Waals surface area contributed by atoms with Gasteiger partial charge in [0.2, 0.25) is 5.91 Å². The molecular formula is C25H31N3O. The van der Waals surface area contributed by atoms with E-state index in [1.165, 1.54) is 43.2 Å². The number of benzene rings is 2.